The lowest BCUT2D eigenvalue weighted by molar-refractivity contribution is 0.676. The molecule has 0 amide bonds. The summed E-state index contributed by atoms with van der Waals surface area (Å²) in [6.07, 6.45) is 2.51. The van der Waals surface area contributed by atoms with E-state index < -0.39 is 0 Å². The predicted molar refractivity (Wildman–Crippen MR) is 70.0 cm³/mol. The van der Waals surface area contributed by atoms with Gasteiger partial charge in [-0.2, -0.15) is 0 Å². The van der Waals surface area contributed by atoms with Gasteiger partial charge in [-0.3, -0.25) is 0 Å². The number of rotatable bonds is 3. The van der Waals surface area contributed by atoms with Gasteiger partial charge in [-0.15, -0.1) is 0 Å². The second-order valence-corrected chi connectivity index (χ2v) is 4.97. The van der Waals surface area contributed by atoms with Crippen molar-refractivity contribution in [3.05, 3.63) is 29.8 Å². The van der Waals surface area contributed by atoms with Crippen molar-refractivity contribution < 1.29 is 0 Å². The first-order chi connectivity index (χ1) is 7.72. The first-order valence-electron chi connectivity index (χ1n) is 6.29. The van der Waals surface area contributed by atoms with Gasteiger partial charge in [-0.25, -0.2) is 0 Å². The van der Waals surface area contributed by atoms with E-state index in [4.69, 9.17) is 5.73 Å². The number of hydrogen-bond acceptors (Lipinski definition) is 2. The molecule has 1 atom stereocenters. The van der Waals surface area contributed by atoms with Crippen molar-refractivity contribution >= 4 is 5.69 Å². The summed E-state index contributed by atoms with van der Waals surface area (Å²) in [5.74, 6) is 0.596. The highest BCUT2D eigenvalue weighted by atomic mass is 15.2. The van der Waals surface area contributed by atoms with Crippen molar-refractivity contribution in [2.75, 3.05) is 18.0 Å². The third-order valence-electron chi connectivity index (χ3n) is 3.52. The van der Waals surface area contributed by atoms with E-state index in [1.165, 1.54) is 24.1 Å². The van der Waals surface area contributed by atoms with Gasteiger partial charge in [-0.1, -0.05) is 26.0 Å². The molecule has 1 aromatic carbocycles. The van der Waals surface area contributed by atoms with Crippen LogP contribution in [0.25, 0.3) is 0 Å². The van der Waals surface area contributed by atoms with E-state index >= 15 is 0 Å². The summed E-state index contributed by atoms with van der Waals surface area (Å²) < 4.78 is 0. The molecule has 0 bridgehead atoms. The Labute approximate surface area is 98.4 Å². The molecule has 0 spiro atoms. The average Bonchev–Trinajstić information content (AvgIpc) is 2.77. The maximum Gasteiger partial charge on any atom is 0.0412 e. The average molecular weight is 218 g/mol. The zero-order valence-corrected chi connectivity index (χ0v) is 10.3. The summed E-state index contributed by atoms with van der Waals surface area (Å²) in [5.41, 5.74) is 8.58. The van der Waals surface area contributed by atoms with Gasteiger partial charge < -0.3 is 10.6 Å². The number of benzene rings is 1. The normalized spacial score (nSPS) is 20.8. The molecule has 2 rings (SSSR count). The van der Waals surface area contributed by atoms with E-state index in [0.717, 1.165) is 13.1 Å². The Morgan fingerprint density at radius 1 is 1.44 bits per heavy atom. The van der Waals surface area contributed by atoms with Crippen LogP contribution in [0.2, 0.25) is 0 Å². The molecule has 2 nitrogen and oxygen atoms in total. The molecule has 0 radical (unpaired) electrons. The van der Waals surface area contributed by atoms with E-state index in [9.17, 15) is 0 Å². The van der Waals surface area contributed by atoms with E-state index in [1.807, 2.05) is 0 Å². The van der Waals surface area contributed by atoms with Crippen LogP contribution in [0.3, 0.4) is 0 Å². The fourth-order valence-electron chi connectivity index (χ4n) is 2.48. The largest absolute Gasteiger partial charge is 0.367 e. The smallest absolute Gasteiger partial charge is 0.0412 e. The zero-order valence-electron chi connectivity index (χ0n) is 10.3. The molecular weight excluding hydrogens is 196 g/mol. The van der Waals surface area contributed by atoms with Crippen LogP contribution >= 0.6 is 0 Å². The van der Waals surface area contributed by atoms with Crippen molar-refractivity contribution in [1.29, 1.82) is 0 Å². The van der Waals surface area contributed by atoms with E-state index in [0.29, 0.717) is 12.0 Å². The Morgan fingerprint density at radius 2 is 2.25 bits per heavy atom. The van der Waals surface area contributed by atoms with Gasteiger partial charge in [0, 0.05) is 24.8 Å². The molecule has 2 heteroatoms. The van der Waals surface area contributed by atoms with Crippen LogP contribution in [0.4, 0.5) is 5.69 Å². The maximum atomic E-state index is 5.82. The standard InChI is InChI=1S/C14H22N2/c1-11(2)12-5-3-6-13(9-12)16-8-4-7-14(16)10-15/h3,5-6,9,11,14H,4,7-8,10,15H2,1-2H3. The Balaban J connectivity index is 2.22. The predicted octanol–water partition coefficient (Wildman–Crippen LogP) is 2.74. The van der Waals surface area contributed by atoms with Crippen molar-refractivity contribution in [3.63, 3.8) is 0 Å². The minimum atomic E-state index is 0.544. The van der Waals surface area contributed by atoms with E-state index in [-0.39, 0.29) is 0 Å². The van der Waals surface area contributed by atoms with Crippen LogP contribution in [0, 0.1) is 0 Å². The van der Waals surface area contributed by atoms with Crippen molar-refractivity contribution in [2.24, 2.45) is 5.73 Å². The second kappa shape index (κ2) is 4.88. The van der Waals surface area contributed by atoms with Gasteiger partial charge >= 0.3 is 0 Å². The first-order valence-corrected chi connectivity index (χ1v) is 6.29. The van der Waals surface area contributed by atoms with E-state index in [2.05, 4.69) is 43.0 Å². The summed E-state index contributed by atoms with van der Waals surface area (Å²) >= 11 is 0. The summed E-state index contributed by atoms with van der Waals surface area (Å²) in [6.45, 7) is 6.41. The number of hydrogen-bond donors (Lipinski definition) is 1. The second-order valence-electron chi connectivity index (χ2n) is 4.97. The van der Waals surface area contributed by atoms with E-state index in [1.54, 1.807) is 0 Å². The number of nitrogens with zero attached hydrogens (tertiary/aromatic N) is 1. The van der Waals surface area contributed by atoms with Crippen molar-refractivity contribution in [2.45, 2.75) is 38.6 Å². The monoisotopic (exact) mass is 218 g/mol. The van der Waals surface area contributed by atoms with Crippen molar-refractivity contribution in [3.8, 4) is 0 Å². The molecule has 1 unspecified atom stereocenters. The summed E-state index contributed by atoms with van der Waals surface area (Å²) in [5, 5.41) is 0. The van der Waals surface area contributed by atoms with Gasteiger partial charge in [0.1, 0.15) is 0 Å². The molecular formula is C14H22N2. The lowest BCUT2D eigenvalue weighted by Crippen LogP contribution is -2.35. The molecule has 1 saturated heterocycles. The Morgan fingerprint density at radius 3 is 2.94 bits per heavy atom. The molecule has 0 saturated carbocycles. The van der Waals surface area contributed by atoms with Gasteiger partial charge in [-0.05, 0) is 36.5 Å². The zero-order chi connectivity index (χ0) is 11.5. The fourth-order valence-corrected chi connectivity index (χ4v) is 2.48. The maximum absolute atomic E-state index is 5.82. The quantitative estimate of drug-likeness (QED) is 0.845. The Hall–Kier alpha value is -1.02. The lowest BCUT2D eigenvalue weighted by atomic mass is 10.0. The SMILES string of the molecule is CC(C)c1cccc(N2CCCC2CN)c1. The highest BCUT2D eigenvalue weighted by Crippen LogP contribution is 2.27. The molecule has 1 heterocycles. The molecule has 1 fully saturated rings. The molecule has 1 aliphatic rings. The topological polar surface area (TPSA) is 29.3 Å². The van der Waals surface area contributed by atoms with Gasteiger partial charge in [0.15, 0.2) is 0 Å². The van der Waals surface area contributed by atoms with Crippen LogP contribution in [-0.4, -0.2) is 19.1 Å². The van der Waals surface area contributed by atoms with Crippen LogP contribution in [0.15, 0.2) is 24.3 Å². The lowest BCUT2D eigenvalue weighted by Gasteiger charge is -2.26. The van der Waals surface area contributed by atoms with Crippen LogP contribution in [-0.2, 0) is 0 Å². The summed E-state index contributed by atoms with van der Waals surface area (Å²) in [4.78, 5) is 2.46. The molecule has 0 aromatic heterocycles. The molecule has 16 heavy (non-hydrogen) atoms. The van der Waals surface area contributed by atoms with Gasteiger partial charge in [0.2, 0.25) is 0 Å². The van der Waals surface area contributed by atoms with Crippen LogP contribution in [0.5, 0.6) is 0 Å². The Bertz CT molecular complexity index is 346. The Kier molecular flexibility index (Phi) is 3.49. The van der Waals surface area contributed by atoms with Gasteiger partial charge in [0.05, 0.1) is 0 Å². The fraction of sp³-hybridized carbons (Fsp3) is 0.571. The highest BCUT2D eigenvalue weighted by molar-refractivity contribution is 5.51. The van der Waals surface area contributed by atoms with Crippen LogP contribution < -0.4 is 10.6 Å². The third-order valence-corrected chi connectivity index (χ3v) is 3.52. The van der Waals surface area contributed by atoms with Gasteiger partial charge in [0.25, 0.3) is 0 Å². The molecule has 1 aliphatic heterocycles. The summed E-state index contributed by atoms with van der Waals surface area (Å²) in [6, 6.07) is 9.44. The number of anilines is 1. The third kappa shape index (κ3) is 2.22. The molecule has 1 aromatic rings. The summed E-state index contributed by atoms with van der Waals surface area (Å²) in [7, 11) is 0. The number of nitrogens with two attached hydrogens (primary N) is 1. The molecule has 88 valence electrons. The van der Waals surface area contributed by atoms with Crippen LogP contribution in [0.1, 0.15) is 38.2 Å². The first kappa shape index (κ1) is 11.5. The van der Waals surface area contributed by atoms with Crippen molar-refractivity contribution in [1.82, 2.24) is 0 Å². The minimum Gasteiger partial charge on any atom is -0.367 e. The highest BCUT2D eigenvalue weighted by Gasteiger charge is 2.23. The molecule has 0 aliphatic carbocycles. The molecule has 2 N–H and O–H groups in total. The minimum absolute atomic E-state index is 0.544.